The first-order valence-electron chi connectivity index (χ1n) is 11.5. The minimum Gasteiger partial charge on any atom is -0.497 e. The van der Waals surface area contributed by atoms with E-state index in [1.54, 1.807) is 49.6 Å². The summed E-state index contributed by atoms with van der Waals surface area (Å²) in [7, 11) is 1.58. The lowest BCUT2D eigenvalue weighted by atomic mass is 9.74. The summed E-state index contributed by atoms with van der Waals surface area (Å²) in [5.41, 5.74) is 0.885. The van der Waals surface area contributed by atoms with Crippen LogP contribution in [0, 0.1) is 5.41 Å². The third-order valence-electron chi connectivity index (χ3n) is 6.76. The molecule has 2 aromatic heterocycles. The molecule has 1 aromatic carbocycles. The number of aliphatic hydroxyl groups excluding tert-OH is 1. The molecule has 0 radical (unpaired) electrons. The molecule has 1 aliphatic rings. The predicted octanol–water partition coefficient (Wildman–Crippen LogP) is 5.34. The van der Waals surface area contributed by atoms with Crippen LogP contribution in [0.15, 0.2) is 48.0 Å². The molecular weight excluding hydrogens is 475 g/mol. The van der Waals surface area contributed by atoms with Crippen LogP contribution in [0.25, 0.3) is 10.9 Å². The standard InChI is InChI=1S/C25H30ClFN4O2S/c1-33-18-2-3-22-19(14-18)24(20(26)15-30-22)21(27)4-5-25(17-32)6-10-31(11-7-25)12-13-34-23-16-28-8-9-29-23/h2-3,8-9,14-16,21,32H,4-7,10-13,17H2,1H3. The fourth-order valence-electron chi connectivity index (χ4n) is 4.57. The summed E-state index contributed by atoms with van der Waals surface area (Å²) in [5, 5.41) is 12.1. The summed E-state index contributed by atoms with van der Waals surface area (Å²) in [6.07, 6.45) is 8.04. The van der Waals surface area contributed by atoms with E-state index in [1.165, 1.54) is 6.20 Å². The number of hydrogen-bond donors (Lipinski definition) is 1. The number of piperidine rings is 1. The summed E-state index contributed by atoms with van der Waals surface area (Å²) in [6, 6.07) is 5.41. The van der Waals surface area contributed by atoms with Crippen molar-refractivity contribution in [3.05, 3.63) is 53.6 Å². The normalized spacial score (nSPS) is 17.1. The molecule has 4 rings (SSSR count). The molecule has 1 saturated heterocycles. The SMILES string of the molecule is COc1ccc2ncc(Cl)c(C(F)CCC3(CO)CCN(CCSc4cnccn4)CC3)c2c1. The van der Waals surface area contributed by atoms with Gasteiger partial charge in [-0.3, -0.25) is 9.97 Å². The van der Waals surface area contributed by atoms with Crippen LogP contribution in [-0.4, -0.2) is 64.1 Å². The van der Waals surface area contributed by atoms with Crippen LogP contribution in [0.1, 0.15) is 37.4 Å². The molecule has 6 nitrogen and oxygen atoms in total. The minimum absolute atomic E-state index is 0.0700. The van der Waals surface area contributed by atoms with E-state index in [4.69, 9.17) is 16.3 Å². The average Bonchev–Trinajstić information content (AvgIpc) is 2.88. The van der Waals surface area contributed by atoms with Crippen molar-refractivity contribution in [2.45, 2.75) is 36.9 Å². The summed E-state index contributed by atoms with van der Waals surface area (Å²) >= 11 is 8.08. The van der Waals surface area contributed by atoms with E-state index in [0.717, 1.165) is 43.3 Å². The van der Waals surface area contributed by atoms with E-state index in [-0.39, 0.29) is 12.0 Å². The molecule has 0 amide bonds. The highest BCUT2D eigenvalue weighted by atomic mass is 35.5. The van der Waals surface area contributed by atoms with Gasteiger partial charge in [0.05, 0.1) is 23.8 Å². The Morgan fingerprint density at radius 2 is 2.06 bits per heavy atom. The fraction of sp³-hybridized carbons (Fsp3) is 0.480. The van der Waals surface area contributed by atoms with Crippen molar-refractivity contribution in [2.24, 2.45) is 5.41 Å². The van der Waals surface area contributed by atoms with E-state index in [1.807, 2.05) is 6.07 Å². The second-order valence-electron chi connectivity index (χ2n) is 8.80. The zero-order valence-electron chi connectivity index (χ0n) is 19.3. The first-order valence-corrected chi connectivity index (χ1v) is 12.9. The van der Waals surface area contributed by atoms with Crippen molar-refractivity contribution >= 4 is 34.3 Å². The first kappa shape index (κ1) is 25.1. The lowest BCUT2D eigenvalue weighted by Crippen LogP contribution is -2.42. The van der Waals surface area contributed by atoms with Gasteiger partial charge in [0.25, 0.3) is 0 Å². The number of benzene rings is 1. The van der Waals surface area contributed by atoms with Gasteiger partial charge >= 0.3 is 0 Å². The zero-order chi connectivity index (χ0) is 24.0. The maximum Gasteiger partial charge on any atom is 0.127 e. The van der Waals surface area contributed by atoms with Gasteiger partial charge in [-0.2, -0.15) is 0 Å². The molecule has 3 heterocycles. The molecule has 1 unspecified atom stereocenters. The Kier molecular flexibility index (Phi) is 8.58. The van der Waals surface area contributed by atoms with Crippen LogP contribution in [0.3, 0.4) is 0 Å². The Hall–Kier alpha value is -2.00. The summed E-state index contributed by atoms with van der Waals surface area (Å²) in [5.74, 6) is 1.58. The van der Waals surface area contributed by atoms with Crippen LogP contribution in [0.4, 0.5) is 4.39 Å². The highest BCUT2D eigenvalue weighted by Crippen LogP contribution is 2.41. The van der Waals surface area contributed by atoms with Gasteiger partial charge < -0.3 is 14.7 Å². The minimum atomic E-state index is -1.24. The van der Waals surface area contributed by atoms with Crippen LogP contribution < -0.4 is 4.74 Å². The predicted molar refractivity (Wildman–Crippen MR) is 134 cm³/mol. The molecule has 1 aliphatic heterocycles. The number of pyridine rings is 1. The number of aromatic nitrogens is 3. The number of halogens is 2. The highest BCUT2D eigenvalue weighted by molar-refractivity contribution is 7.99. The van der Waals surface area contributed by atoms with Crippen LogP contribution in [0.5, 0.6) is 5.75 Å². The van der Waals surface area contributed by atoms with Gasteiger partial charge in [0, 0.05) is 48.4 Å². The molecule has 34 heavy (non-hydrogen) atoms. The lowest BCUT2D eigenvalue weighted by Gasteiger charge is -2.41. The van der Waals surface area contributed by atoms with E-state index in [2.05, 4.69) is 19.9 Å². The molecule has 0 bridgehead atoms. The Morgan fingerprint density at radius 3 is 2.76 bits per heavy atom. The number of alkyl halides is 1. The number of methoxy groups -OCH3 is 1. The van der Waals surface area contributed by atoms with Gasteiger partial charge in [-0.25, -0.2) is 9.37 Å². The number of nitrogens with zero attached hydrogens (tertiary/aromatic N) is 4. The molecule has 3 aromatic rings. The van der Waals surface area contributed by atoms with Crippen molar-refractivity contribution in [1.29, 1.82) is 0 Å². The number of fused-ring (bicyclic) bond motifs is 1. The number of ether oxygens (including phenoxy) is 1. The quantitative estimate of drug-likeness (QED) is 0.373. The summed E-state index contributed by atoms with van der Waals surface area (Å²) in [4.78, 5) is 15.1. The fourth-order valence-corrected chi connectivity index (χ4v) is 5.67. The number of aliphatic hydroxyl groups is 1. The van der Waals surface area contributed by atoms with E-state index >= 15 is 4.39 Å². The van der Waals surface area contributed by atoms with Crippen molar-refractivity contribution in [1.82, 2.24) is 19.9 Å². The average molecular weight is 505 g/mol. The van der Waals surface area contributed by atoms with Gasteiger partial charge in [0.2, 0.25) is 0 Å². The highest BCUT2D eigenvalue weighted by Gasteiger charge is 2.35. The third-order valence-corrected chi connectivity index (χ3v) is 7.95. The topological polar surface area (TPSA) is 71.4 Å². The number of thioether (sulfide) groups is 1. The zero-order valence-corrected chi connectivity index (χ0v) is 20.9. The second kappa shape index (κ2) is 11.6. The smallest absolute Gasteiger partial charge is 0.127 e. The molecule has 1 N–H and O–H groups in total. The molecular formula is C25H30ClFN4O2S. The maximum atomic E-state index is 15.6. The van der Waals surface area contributed by atoms with Crippen molar-refractivity contribution < 1.29 is 14.2 Å². The summed E-state index contributed by atoms with van der Waals surface area (Å²) < 4.78 is 20.9. The van der Waals surface area contributed by atoms with Crippen molar-refractivity contribution in [2.75, 3.05) is 39.1 Å². The van der Waals surface area contributed by atoms with Gasteiger partial charge in [-0.1, -0.05) is 11.6 Å². The number of rotatable bonds is 10. The Bertz CT molecular complexity index is 1080. The van der Waals surface area contributed by atoms with E-state index in [9.17, 15) is 5.11 Å². The molecule has 0 aliphatic carbocycles. The molecule has 0 spiro atoms. The van der Waals surface area contributed by atoms with Crippen LogP contribution in [-0.2, 0) is 0 Å². The van der Waals surface area contributed by atoms with E-state index < -0.39 is 6.17 Å². The molecule has 0 saturated carbocycles. The number of hydrogen-bond acceptors (Lipinski definition) is 7. The second-order valence-corrected chi connectivity index (χ2v) is 10.3. The Labute approximate surface area is 208 Å². The Morgan fingerprint density at radius 1 is 1.24 bits per heavy atom. The lowest BCUT2D eigenvalue weighted by molar-refractivity contribution is 0.0323. The largest absolute Gasteiger partial charge is 0.497 e. The number of likely N-dealkylation sites (tertiary alicyclic amines) is 1. The van der Waals surface area contributed by atoms with Gasteiger partial charge in [0.15, 0.2) is 0 Å². The molecule has 182 valence electrons. The third kappa shape index (κ3) is 5.97. The molecule has 1 atom stereocenters. The molecule has 9 heteroatoms. The Balaban J connectivity index is 1.34. The van der Waals surface area contributed by atoms with Gasteiger partial charge in [-0.15, -0.1) is 11.8 Å². The van der Waals surface area contributed by atoms with E-state index in [0.29, 0.717) is 40.1 Å². The monoisotopic (exact) mass is 504 g/mol. The van der Waals surface area contributed by atoms with Gasteiger partial charge in [0.1, 0.15) is 16.9 Å². The van der Waals surface area contributed by atoms with Crippen LogP contribution >= 0.6 is 23.4 Å². The van der Waals surface area contributed by atoms with Crippen molar-refractivity contribution in [3.63, 3.8) is 0 Å². The molecule has 1 fully saturated rings. The summed E-state index contributed by atoms with van der Waals surface area (Å²) in [6.45, 7) is 2.82. The maximum absolute atomic E-state index is 15.6. The first-order chi connectivity index (χ1) is 16.5. The van der Waals surface area contributed by atoms with Gasteiger partial charge in [-0.05, 0) is 62.4 Å². The van der Waals surface area contributed by atoms with Crippen molar-refractivity contribution in [3.8, 4) is 5.75 Å². The van der Waals surface area contributed by atoms with Crippen LogP contribution in [0.2, 0.25) is 5.02 Å².